The van der Waals surface area contributed by atoms with E-state index in [4.69, 9.17) is 0 Å². The van der Waals surface area contributed by atoms with Gasteiger partial charge in [-0.05, 0) is 19.4 Å². The molecule has 1 heteroatoms. The Hall–Kier alpha value is -1.24. The molecule has 0 fully saturated rings. The molecule has 0 rings (SSSR count). The smallest absolute Gasteiger partial charge is 0.0338 e. The molecule has 1 N–H and O–H groups in total. The molecular weight excluding hydrogens is 146 g/mol. The minimum Gasteiger partial charge on any atom is -0.388 e. The average molecular weight is 163 g/mol. The Morgan fingerprint density at radius 1 is 1.42 bits per heavy atom. The van der Waals surface area contributed by atoms with Crippen LogP contribution in [0.4, 0.5) is 0 Å². The van der Waals surface area contributed by atoms with Crippen LogP contribution in [0, 0.1) is 0 Å². The summed E-state index contributed by atoms with van der Waals surface area (Å²) in [5.74, 6) is 0. The van der Waals surface area contributed by atoms with Crippen molar-refractivity contribution in [2.24, 2.45) is 0 Å². The zero-order valence-corrected chi connectivity index (χ0v) is 8.15. The van der Waals surface area contributed by atoms with Crippen LogP contribution in [0.2, 0.25) is 0 Å². The quantitative estimate of drug-likeness (QED) is 0.628. The predicted octanol–water partition coefficient (Wildman–Crippen LogP) is 2.80. The van der Waals surface area contributed by atoms with Gasteiger partial charge in [-0.25, -0.2) is 0 Å². The molecule has 0 bridgehead atoms. The van der Waals surface area contributed by atoms with Gasteiger partial charge < -0.3 is 5.32 Å². The Morgan fingerprint density at radius 3 is 2.33 bits per heavy atom. The largest absolute Gasteiger partial charge is 0.388 e. The number of likely N-dealkylation sites (N-methyl/N-ethyl adjacent to an activating group) is 1. The van der Waals surface area contributed by atoms with Crippen LogP contribution >= 0.6 is 0 Å². The van der Waals surface area contributed by atoms with E-state index in [-0.39, 0.29) is 0 Å². The van der Waals surface area contributed by atoms with Crippen LogP contribution < -0.4 is 5.32 Å². The molecule has 0 aliphatic carbocycles. The minimum absolute atomic E-state index is 0.895. The average Bonchev–Trinajstić information content (AvgIpc) is 2.12. The van der Waals surface area contributed by atoms with Crippen molar-refractivity contribution in [2.75, 3.05) is 7.05 Å². The molecule has 0 amide bonds. The number of nitrogens with one attached hydrogen (secondary N) is 1. The second-order valence-corrected chi connectivity index (χ2v) is 2.57. The van der Waals surface area contributed by atoms with Crippen LogP contribution in [0.1, 0.15) is 13.8 Å². The third kappa shape index (κ3) is 3.24. The van der Waals surface area contributed by atoms with E-state index in [0.29, 0.717) is 0 Å². The van der Waals surface area contributed by atoms with Crippen molar-refractivity contribution in [2.45, 2.75) is 13.8 Å². The van der Waals surface area contributed by atoms with E-state index in [1.54, 1.807) is 6.08 Å². The van der Waals surface area contributed by atoms with E-state index in [1.165, 1.54) is 5.57 Å². The zero-order chi connectivity index (χ0) is 9.56. The van der Waals surface area contributed by atoms with Crippen molar-refractivity contribution < 1.29 is 0 Å². The predicted molar refractivity (Wildman–Crippen MR) is 55.9 cm³/mol. The summed E-state index contributed by atoms with van der Waals surface area (Å²) in [4.78, 5) is 0. The maximum absolute atomic E-state index is 3.85. The number of allylic oxidation sites excluding steroid dienone is 4. The lowest BCUT2D eigenvalue weighted by molar-refractivity contribution is 1.02. The van der Waals surface area contributed by atoms with Crippen molar-refractivity contribution in [1.82, 2.24) is 5.32 Å². The first-order chi connectivity index (χ1) is 5.65. The van der Waals surface area contributed by atoms with Gasteiger partial charge in [-0.15, -0.1) is 0 Å². The summed E-state index contributed by atoms with van der Waals surface area (Å²) < 4.78 is 0. The fourth-order valence-electron chi connectivity index (χ4n) is 0.742. The fraction of sp³-hybridized carbons (Fsp3) is 0.273. The third-order valence-electron chi connectivity index (χ3n) is 1.71. The van der Waals surface area contributed by atoms with E-state index in [1.807, 2.05) is 33.0 Å². The Labute approximate surface area is 75.2 Å². The summed E-state index contributed by atoms with van der Waals surface area (Å²) in [5.41, 5.74) is 3.14. The van der Waals surface area contributed by atoms with E-state index < -0.39 is 0 Å². The first-order valence-electron chi connectivity index (χ1n) is 3.99. The Kier molecular flexibility index (Phi) is 4.86. The van der Waals surface area contributed by atoms with Gasteiger partial charge in [0.2, 0.25) is 0 Å². The first kappa shape index (κ1) is 10.8. The minimum atomic E-state index is 0.895. The molecule has 66 valence electrons. The monoisotopic (exact) mass is 163 g/mol. The summed E-state index contributed by atoms with van der Waals surface area (Å²) in [6, 6.07) is 0. The molecule has 0 aliphatic rings. The standard InChI is InChI=1S/C11H17N/c1-6-9(3)8-11(7-2)10(4)12-5/h6-8,12H,2,4H2,1,3,5H3/b9-6-,11-8+. The van der Waals surface area contributed by atoms with Gasteiger partial charge in [0, 0.05) is 12.7 Å². The van der Waals surface area contributed by atoms with Crippen molar-refractivity contribution in [3.8, 4) is 0 Å². The number of hydrogen-bond acceptors (Lipinski definition) is 1. The molecule has 0 unspecified atom stereocenters. The Bertz CT molecular complexity index is 231. The molecule has 1 nitrogen and oxygen atoms in total. The summed E-state index contributed by atoms with van der Waals surface area (Å²) >= 11 is 0. The Morgan fingerprint density at radius 2 is 2.00 bits per heavy atom. The molecule has 0 aromatic rings. The maximum Gasteiger partial charge on any atom is 0.0338 e. The molecule has 0 saturated carbocycles. The molecule has 0 aromatic heterocycles. The molecule has 0 saturated heterocycles. The highest BCUT2D eigenvalue weighted by Crippen LogP contribution is 2.08. The van der Waals surface area contributed by atoms with Crippen LogP contribution in [0.15, 0.2) is 48.2 Å². The van der Waals surface area contributed by atoms with Gasteiger partial charge in [0.25, 0.3) is 0 Å². The van der Waals surface area contributed by atoms with Gasteiger partial charge in [0.05, 0.1) is 0 Å². The van der Waals surface area contributed by atoms with Crippen LogP contribution in [-0.2, 0) is 0 Å². The van der Waals surface area contributed by atoms with Gasteiger partial charge in [-0.2, -0.15) is 0 Å². The van der Waals surface area contributed by atoms with Crippen molar-refractivity contribution in [3.63, 3.8) is 0 Å². The second-order valence-electron chi connectivity index (χ2n) is 2.57. The highest BCUT2D eigenvalue weighted by Gasteiger charge is 1.94. The van der Waals surface area contributed by atoms with E-state index in [0.717, 1.165) is 11.3 Å². The normalized spacial score (nSPS) is 12.6. The highest BCUT2D eigenvalue weighted by molar-refractivity contribution is 5.40. The second kappa shape index (κ2) is 5.42. The molecular formula is C11H17N. The molecule has 0 aromatic carbocycles. The first-order valence-corrected chi connectivity index (χ1v) is 3.99. The lowest BCUT2D eigenvalue weighted by atomic mass is 10.1. The fourth-order valence-corrected chi connectivity index (χ4v) is 0.742. The summed E-state index contributed by atoms with van der Waals surface area (Å²) in [7, 11) is 1.85. The Balaban J connectivity index is 4.66. The molecule has 0 radical (unpaired) electrons. The maximum atomic E-state index is 3.85. The number of hydrogen-bond donors (Lipinski definition) is 1. The molecule has 0 aliphatic heterocycles. The third-order valence-corrected chi connectivity index (χ3v) is 1.71. The van der Waals surface area contributed by atoms with Gasteiger partial charge >= 0.3 is 0 Å². The van der Waals surface area contributed by atoms with Gasteiger partial charge in [0.1, 0.15) is 0 Å². The van der Waals surface area contributed by atoms with E-state index in [9.17, 15) is 0 Å². The van der Waals surface area contributed by atoms with Crippen LogP contribution in [0.25, 0.3) is 0 Å². The number of rotatable bonds is 4. The zero-order valence-electron chi connectivity index (χ0n) is 8.15. The van der Waals surface area contributed by atoms with Gasteiger partial charge in [-0.1, -0.05) is 37.0 Å². The van der Waals surface area contributed by atoms with Gasteiger partial charge in [0.15, 0.2) is 0 Å². The molecule has 0 atom stereocenters. The SMILES string of the molecule is C=C/C(=C\C(C)=C/C)C(=C)NC. The highest BCUT2D eigenvalue weighted by atomic mass is 14.8. The summed E-state index contributed by atoms with van der Waals surface area (Å²) in [5, 5.41) is 2.98. The van der Waals surface area contributed by atoms with Crippen LogP contribution in [0.3, 0.4) is 0 Å². The van der Waals surface area contributed by atoms with E-state index in [2.05, 4.69) is 18.5 Å². The lowest BCUT2D eigenvalue weighted by Gasteiger charge is -2.05. The lowest BCUT2D eigenvalue weighted by Crippen LogP contribution is -2.05. The van der Waals surface area contributed by atoms with Crippen molar-refractivity contribution in [1.29, 1.82) is 0 Å². The molecule has 0 heterocycles. The van der Waals surface area contributed by atoms with Gasteiger partial charge in [-0.3, -0.25) is 0 Å². The van der Waals surface area contributed by atoms with E-state index >= 15 is 0 Å². The topological polar surface area (TPSA) is 12.0 Å². The summed E-state index contributed by atoms with van der Waals surface area (Å²) in [6.07, 6.45) is 5.89. The summed E-state index contributed by atoms with van der Waals surface area (Å²) in [6.45, 7) is 11.6. The van der Waals surface area contributed by atoms with Crippen LogP contribution in [-0.4, -0.2) is 7.05 Å². The van der Waals surface area contributed by atoms with Crippen molar-refractivity contribution in [3.05, 3.63) is 48.2 Å². The van der Waals surface area contributed by atoms with Crippen molar-refractivity contribution >= 4 is 0 Å². The van der Waals surface area contributed by atoms with Crippen LogP contribution in [0.5, 0.6) is 0 Å². The molecule has 12 heavy (non-hydrogen) atoms. The molecule has 0 spiro atoms.